The molecular weight excluding hydrogens is 773 g/mol. The molecule has 0 N–H and O–H groups in total. The van der Waals surface area contributed by atoms with Crippen molar-refractivity contribution in [1.82, 2.24) is 19.5 Å². The van der Waals surface area contributed by atoms with Crippen molar-refractivity contribution in [1.29, 1.82) is 0 Å². The molecule has 0 atom stereocenters. The van der Waals surface area contributed by atoms with Crippen LogP contribution in [0.2, 0.25) is 0 Å². The Morgan fingerprint density at radius 1 is 0.339 bits per heavy atom. The molecule has 3 heterocycles. The van der Waals surface area contributed by atoms with E-state index in [4.69, 9.17) is 9.97 Å². The molecule has 5 heteroatoms. The third-order valence-corrected chi connectivity index (χ3v) is 13.1. The summed E-state index contributed by atoms with van der Waals surface area (Å²) >= 11 is 1.85. The second-order valence-corrected chi connectivity index (χ2v) is 16.7. The molecule has 3 aromatic heterocycles. The predicted octanol–water partition coefficient (Wildman–Crippen LogP) is 15.3. The zero-order chi connectivity index (χ0) is 41.0. The van der Waals surface area contributed by atoms with Gasteiger partial charge in [-0.3, -0.25) is 0 Å². The van der Waals surface area contributed by atoms with E-state index in [-0.39, 0.29) is 0 Å². The number of aromatic nitrogens is 4. The van der Waals surface area contributed by atoms with Gasteiger partial charge in [0.25, 0.3) is 0 Å². The van der Waals surface area contributed by atoms with Crippen LogP contribution in [0.3, 0.4) is 0 Å². The van der Waals surface area contributed by atoms with E-state index >= 15 is 0 Å². The van der Waals surface area contributed by atoms with Gasteiger partial charge in [0.1, 0.15) is 6.33 Å². The molecule has 0 fully saturated rings. The minimum absolute atomic E-state index is 0.625. The van der Waals surface area contributed by atoms with Crippen molar-refractivity contribution in [3.05, 3.63) is 219 Å². The molecule has 12 rings (SSSR count). The van der Waals surface area contributed by atoms with Crippen LogP contribution in [0.1, 0.15) is 0 Å². The lowest BCUT2D eigenvalue weighted by atomic mass is 9.85. The summed E-state index contributed by atoms with van der Waals surface area (Å²) in [6.45, 7) is 0. The summed E-state index contributed by atoms with van der Waals surface area (Å²) < 4.78 is 4.91. The number of hydrogen-bond donors (Lipinski definition) is 0. The lowest BCUT2D eigenvalue weighted by molar-refractivity contribution is 1.07. The van der Waals surface area contributed by atoms with E-state index in [0.717, 1.165) is 61.3 Å². The Hall–Kier alpha value is -7.99. The normalized spacial score (nSPS) is 11.5. The summed E-state index contributed by atoms with van der Waals surface area (Å²) in [5.41, 5.74) is 14.5. The largest absolute Gasteiger partial charge is 0.309 e. The molecule has 9 aromatic carbocycles. The van der Waals surface area contributed by atoms with Crippen molar-refractivity contribution < 1.29 is 0 Å². The summed E-state index contributed by atoms with van der Waals surface area (Å²) in [6, 6.07) is 76.0. The summed E-state index contributed by atoms with van der Waals surface area (Å²) in [7, 11) is 0. The standard InChI is InChI=1S/C57H36N4S/c1-5-16-37(17-6-1)44-25-15-26-45(38-18-7-2-8-19-38)55(44)41-28-30-43(50(33-41)57-59-36-58-56(60-57)39-20-9-3-10-21-39)40-29-31-53-48(32-40)49-34-47-46-24-13-14-27-51(46)61(42-22-11-4-12-23-42)52(47)35-54(49)62-53/h1-36H. The van der Waals surface area contributed by atoms with Crippen molar-refractivity contribution in [3.8, 4) is 73.0 Å². The van der Waals surface area contributed by atoms with Crippen molar-refractivity contribution in [2.24, 2.45) is 0 Å². The van der Waals surface area contributed by atoms with Gasteiger partial charge in [0.2, 0.25) is 0 Å². The SMILES string of the molecule is c1ccc(-c2ncnc(-c3cc(-c4c(-c5ccccc5)cccc4-c4ccccc4)ccc3-c3ccc4sc5cc6c(cc5c4c3)c3ccccc3n6-c3ccccc3)n2)cc1. The number of fused-ring (bicyclic) bond motifs is 6. The van der Waals surface area contributed by atoms with Gasteiger partial charge >= 0.3 is 0 Å². The monoisotopic (exact) mass is 808 g/mol. The maximum absolute atomic E-state index is 5.17. The first-order chi connectivity index (χ1) is 30.7. The molecule has 0 radical (unpaired) electrons. The highest BCUT2D eigenvalue weighted by atomic mass is 32.1. The van der Waals surface area contributed by atoms with E-state index < -0.39 is 0 Å². The highest BCUT2D eigenvalue weighted by molar-refractivity contribution is 7.25. The molecule has 0 unspecified atom stereocenters. The summed E-state index contributed by atoms with van der Waals surface area (Å²) in [5.74, 6) is 1.26. The lowest BCUT2D eigenvalue weighted by Crippen LogP contribution is -1.98. The zero-order valence-corrected chi connectivity index (χ0v) is 34.3. The minimum atomic E-state index is 0.625. The molecule has 12 aromatic rings. The summed E-state index contributed by atoms with van der Waals surface area (Å²) in [5, 5.41) is 4.98. The Kier molecular flexibility index (Phi) is 8.65. The number of nitrogens with zero attached hydrogens (tertiary/aromatic N) is 4. The van der Waals surface area contributed by atoms with Crippen molar-refractivity contribution in [3.63, 3.8) is 0 Å². The number of hydrogen-bond acceptors (Lipinski definition) is 4. The molecule has 4 nitrogen and oxygen atoms in total. The van der Waals surface area contributed by atoms with Crippen molar-refractivity contribution in [2.75, 3.05) is 0 Å². The van der Waals surface area contributed by atoms with E-state index in [0.29, 0.717) is 11.6 Å². The Labute approximate surface area is 362 Å². The van der Waals surface area contributed by atoms with Crippen LogP contribution in [0.4, 0.5) is 0 Å². The second-order valence-electron chi connectivity index (χ2n) is 15.6. The molecule has 0 amide bonds. The highest BCUT2D eigenvalue weighted by Crippen LogP contribution is 2.45. The van der Waals surface area contributed by atoms with Gasteiger partial charge < -0.3 is 4.57 Å². The third-order valence-electron chi connectivity index (χ3n) is 12.0. The first-order valence-electron chi connectivity index (χ1n) is 20.8. The average molecular weight is 809 g/mol. The Balaban J connectivity index is 1.09. The first-order valence-corrected chi connectivity index (χ1v) is 21.7. The molecule has 0 saturated carbocycles. The van der Waals surface area contributed by atoms with E-state index in [1.54, 1.807) is 6.33 Å². The maximum Gasteiger partial charge on any atom is 0.164 e. The van der Waals surface area contributed by atoms with Gasteiger partial charge in [0.05, 0.1) is 11.0 Å². The molecule has 0 spiro atoms. The Morgan fingerprint density at radius 3 is 1.68 bits per heavy atom. The van der Waals surface area contributed by atoms with Crippen LogP contribution in [0.5, 0.6) is 0 Å². The van der Waals surface area contributed by atoms with Gasteiger partial charge in [-0.25, -0.2) is 15.0 Å². The number of rotatable bonds is 7. The number of para-hydroxylation sites is 2. The molecule has 0 aliphatic carbocycles. The minimum Gasteiger partial charge on any atom is -0.309 e. The van der Waals surface area contributed by atoms with E-state index in [2.05, 4.69) is 192 Å². The first kappa shape index (κ1) is 35.9. The topological polar surface area (TPSA) is 43.6 Å². The molecule has 62 heavy (non-hydrogen) atoms. The van der Waals surface area contributed by atoms with Crippen LogP contribution >= 0.6 is 11.3 Å². The van der Waals surface area contributed by atoms with Crippen LogP contribution in [0.25, 0.3) is 115 Å². The average Bonchev–Trinajstić information content (AvgIpc) is 3.88. The van der Waals surface area contributed by atoms with Gasteiger partial charge in [-0.05, 0) is 93.0 Å². The second kappa shape index (κ2) is 14.9. The van der Waals surface area contributed by atoms with Crippen LogP contribution in [0.15, 0.2) is 219 Å². The zero-order valence-electron chi connectivity index (χ0n) is 33.5. The lowest BCUT2D eigenvalue weighted by Gasteiger charge is -2.18. The van der Waals surface area contributed by atoms with Gasteiger partial charge in [-0.1, -0.05) is 164 Å². The van der Waals surface area contributed by atoms with Crippen LogP contribution in [-0.2, 0) is 0 Å². The molecule has 0 saturated heterocycles. The van der Waals surface area contributed by atoms with Gasteiger partial charge in [-0.2, -0.15) is 0 Å². The van der Waals surface area contributed by atoms with Crippen molar-refractivity contribution in [2.45, 2.75) is 0 Å². The summed E-state index contributed by atoms with van der Waals surface area (Å²) in [4.78, 5) is 14.7. The maximum atomic E-state index is 5.17. The quantitative estimate of drug-likeness (QED) is 0.161. The van der Waals surface area contributed by atoms with E-state index in [1.807, 2.05) is 41.7 Å². The highest BCUT2D eigenvalue weighted by Gasteiger charge is 2.21. The number of thiophene rings is 1. The van der Waals surface area contributed by atoms with Gasteiger partial charge in [0.15, 0.2) is 11.6 Å². The van der Waals surface area contributed by atoms with Gasteiger partial charge in [0, 0.05) is 47.8 Å². The van der Waals surface area contributed by atoms with Crippen LogP contribution in [0, 0.1) is 0 Å². The fraction of sp³-hybridized carbons (Fsp3) is 0. The fourth-order valence-electron chi connectivity index (χ4n) is 9.13. The molecule has 0 bridgehead atoms. The Morgan fingerprint density at radius 2 is 0.952 bits per heavy atom. The Bertz CT molecular complexity index is 3560. The molecular formula is C57H36N4S. The molecule has 290 valence electrons. The smallest absolute Gasteiger partial charge is 0.164 e. The van der Waals surface area contributed by atoms with Crippen LogP contribution in [-0.4, -0.2) is 19.5 Å². The predicted molar refractivity (Wildman–Crippen MR) is 260 cm³/mol. The van der Waals surface area contributed by atoms with E-state index in [1.165, 1.54) is 42.0 Å². The third kappa shape index (κ3) is 6.09. The fourth-order valence-corrected chi connectivity index (χ4v) is 10.2. The number of benzene rings is 9. The van der Waals surface area contributed by atoms with Crippen LogP contribution < -0.4 is 0 Å². The molecule has 0 aliphatic heterocycles. The summed E-state index contributed by atoms with van der Waals surface area (Å²) in [6.07, 6.45) is 1.64. The molecule has 0 aliphatic rings. The van der Waals surface area contributed by atoms with E-state index in [9.17, 15) is 0 Å². The van der Waals surface area contributed by atoms with Crippen molar-refractivity contribution >= 4 is 53.3 Å². The van der Waals surface area contributed by atoms with Gasteiger partial charge in [-0.15, -0.1) is 11.3 Å².